The zero-order valence-electron chi connectivity index (χ0n) is 49.0. The van der Waals surface area contributed by atoms with Gasteiger partial charge < -0.3 is 119 Å². The first-order chi connectivity index (χ1) is 38.8. The Kier molecular flexibility index (Phi) is 18.0. The summed E-state index contributed by atoms with van der Waals surface area (Å²) in [5.74, 6) is -1.00. The molecular weight excluding hydrogens is 1100 g/mol. The van der Waals surface area contributed by atoms with Crippen LogP contribution in [0.4, 0.5) is 0 Å². The van der Waals surface area contributed by atoms with Crippen molar-refractivity contribution < 1.29 is 124 Å². The Morgan fingerprint density at radius 2 is 1.10 bits per heavy atom. The molecule has 5 aliphatic carbocycles. The van der Waals surface area contributed by atoms with Crippen LogP contribution in [0, 0.1) is 50.2 Å². The summed E-state index contributed by atoms with van der Waals surface area (Å²) in [7, 11) is 0. The molecule has 0 aromatic heterocycles. The summed E-state index contributed by atoms with van der Waals surface area (Å²) in [5.41, 5.74) is -2.28. The third kappa shape index (κ3) is 10.6. The van der Waals surface area contributed by atoms with Crippen molar-refractivity contribution in [3.63, 3.8) is 0 Å². The molecule has 83 heavy (non-hydrogen) atoms. The van der Waals surface area contributed by atoms with Crippen LogP contribution in [0.3, 0.4) is 0 Å². The minimum Gasteiger partial charge on any atom is -0.432 e. The summed E-state index contributed by atoms with van der Waals surface area (Å²) in [5, 5.41) is 152. The van der Waals surface area contributed by atoms with E-state index in [2.05, 4.69) is 54.5 Å². The van der Waals surface area contributed by atoms with Crippen molar-refractivity contribution in [2.45, 2.75) is 274 Å². The van der Waals surface area contributed by atoms with E-state index in [0.29, 0.717) is 25.7 Å². The Hall–Kier alpha value is -1.71. The van der Waals surface area contributed by atoms with Gasteiger partial charge in [0.25, 0.3) is 0 Å². The van der Waals surface area contributed by atoms with Crippen LogP contribution in [0.25, 0.3) is 0 Å². The predicted octanol–water partition coefficient (Wildman–Crippen LogP) is -1.91. The quantitative estimate of drug-likeness (QED) is 0.0610. The van der Waals surface area contributed by atoms with Crippen LogP contribution in [0.5, 0.6) is 0 Å². The van der Waals surface area contributed by atoms with E-state index < -0.39 is 195 Å². The summed E-state index contributed by atoms with van der Waals surface area (Å²) in [4.78, 5) is 15.4. The van der Waals surface area contributed by atoms with Crippen molar-refractivity contribution in [1.82, 2.24) is 0 Å². The minimum absolute atomic E-state index is 0.129. The SMILES string of the molecule is C[C@@H]1O[C@@H](O[C@H]2[C@@H](OC(=O)[C@]34CCC(C)(C)C[C@H]3C3=CC[C@H]5[C@@]6(C)CC[C@H](O[C@@H]7O[C@@H](C)[C@H](O[C@@H]8OC[C@@H](O)[C@H](O)[C@H]8O)[C@@H](O)[C@H]7O)C(C)(C)[C@H]6CC[C@]5(C)[C@]3(C)C[C@H]4O)OC[C@H](O)[C@@H]2O)[C@H](O)[C@H](O)[C@H]1O[C@@H]1O[C@H](CO)[C@@H](O)[C@H](O)[C@H]1O. The number of esters is 1. The molecule has 25 heteroatoms. The molecule has 4 saturated carbocycles. The van der Waals surface area contributed by atoms with Gasteiger partial charge in [0, 0.05) is 0 Å². The first kappa shape index (κ1) is 64.3. The van der Waals surface area contributed by atoms with Gasteiger partial charge in [-0.3, -0.25) is 4.79 Å². The Bertz CT molecular complexity index is 2330. The van der Waals surface area contributed by atoms with Crippen molar-refractivity contribution in [3.8, 4) is 0 Å². The Morgan fingerprint density at radius 1 is 0.554 bits per heavy atom. The average molecular weight is 1190 g/mol. The van der Waals surface area contributed by atoms with E-state index in [0.717, 1.165) is 24.8 Å². The number of allylic oxidation sites excluding steroid dienone is 2. The van der Waals surface area contributed by atoms with Gasteiger partial charge in [-0.1, -0.05) is 60.1 Å². The monoisotopic (exact) mass is 1190 g/mol. The third-order valence-corrected chi connectivity index (χ3v) is 22.7. The van der Waals surface area contributed by atoms with Gasteiger partial charge in [-0.05, 0) is 116 Å². The molecule has 32 atom stereocenters. The topological polar surface area (TPSA) is 393 Å². The second-order valence-corrected chi connectivity index (χ2v) is 28.3. The fourth-order valence-electron chi connectivity index (χ4n) is 17.5. The molecule has 0 spiro atoms. The standard InChI is InChI=1S/C58H94O25/c1-23-44(80-47-40(69)34(63)27(60)21-74-47)38(67)42(71)48(76-23)79-33-13-14-55(7)30(54(33,5)6)12-15-56(8)31(55)11-10-25-26-18-53(3,4)16-17-58(26,32(62)19-57(25,56)9)52(73)83-51-46(35(64)28(61)22-75-51)82-49-43(72)39(68)45(24(2)77-49)81-50-41(70)37(66)36(65)29(20-59)78-50/h10,23-24,26-51,59-72H,11-22H2,1-9H3/t23-,24-,26-,27+,28-,29+,30+,31-,32+,33-,34-,35-,36+,37-,38-,39-,40+,41+,42+,43+,44-,45-,46+,47-,48-,49-,50-,51+,55-,56-,57+,58+/m0/s1. The normalized spacial score (nSPS) is 55.1. The molecule has 10 rings (SSSR count). The molecular formula is C58H94O25. The van der Waals surface area contributed by atoms with Crippen LogP contribution in [0.15, 0.2) is 11.6 Å². The average Bonchev–Trinajstić information content (AvgIpc) is 3.53. The number of aliphatic hydroxyl groups excluding tert-OH is 14. The molecule has 0 unspecified atom stereocenters. The van der Waals surface area contributed by atoms with Crippen molar-refractivity contribution >= 4 is 5.97 Å². The van der Waals surface area contributed by atoms with Crippen LogP contribution in [-0.4, -0.2) is 251 Å². The molecule has 5 saturated heterocycles. The van der Waals surface area contributed by atoms with Gasteiger partial charge in [0.15, 0.2) is 31.3 Å². The number of fused-ring (bicyclic) bond motifs is 7. The molecule has 25 nitrogen and oxygen atoms in total. The number of aliphatic hydroxyl groups is 14. The maximum atomic E-state index is 15.4. The van der Waals surface area contributed by atoms with Crippen LogP contribution in [-0.2, 0) is 52.2 Å². The van der Waals surface area contributed by atoms with Gasteiger partial charge in [-0.15, -0.1) is 0 Å². The Morgan fingerprint density at radius 3 is 1.72 bits per heavy atom. The van der Waals surface area contributed by atoms with E-state index in [9.17, 15) is 71.5 Å². The molecule has 5 heterocycles. The summed E-state index contributed by atoms with van der Waals surface area (Å²) < 4.78 is 59.6. The minimum atomic E-state index is -1.93. The lowest BCUT2D eigenvalue weighted by atomic mass is 9.33. The number of carbonyl (C=O) groups excluding carboxylic acids is 1. The first-order valence-electron chi connectivity index (χ1n) is 30.0. The van der Waals surface area contributed by atoms with Crippen LogP contribution in [0.2, 0.25) is 0 Å². The largest absolute Gasteiger partial charge is 0.432 e. The van der Waals surface area contributed by atoms with Gasteiger partial charge in [-0.25, -0.2) is 0 Å². The number of carbonyl (C=O) groups is 1. The molecule has 10 aliphatic rings. The van der Waals surface area contributed by atoms with Crippen molar-refractivity contribution in [2.24, 2.45) is 50.2 Å². The maximum absolute atomic E-state index is 15.4. The number of hydrogen-bond donors (Lipinski definition) is 14. The second-order valence-electron chi connectivity index (χ2n) is 28.3. The second kappa shape index (κ2) is 23.3. The predicted molar refractivity (Wildman–Crippen MR) is 282 cm³/mol. The lowest BCUT2D eigenvalue weighted by Crippen LogP contribution is -2.68. The van der Waals surface area contributed by atoms with Crippen LogP contribution < -0.4 is 0 Å². The van der Waals surface area contributed by atoms with E-state index in [1.54, 1.807) is 6.92 Å². The molecule has 5 aliphatic heterocycles. The first-order valence-corrected chi connectivity index (χ1v) is 30.0. The smallest absolute Gasteiger partial charge is 0.317 e. The van der Waals surface area contributed by atoms with Crippen molar-refractivity contribution in [1.29, 1.82) is 0 Å². The fourth-order valence-corrected chi connectivity index (χ4v) is 17.5. The number of rotatable bonds is 11. The van der Waals surface area contributed by atoms with Crippen molar-refractivity contribution in [2.75, 3.05) is 19.8 Å². The summed E-state index contributed by atoms with van der Waals surface area (Å²) in [6.45, 7) is 17.2. The molecule has 9 fully saturated rings. The van der Waals surface area contributed by atoms with Crippen LogP contribution >= 0.6 is 0 Å². The number of ether oxygens (including phenoxy) is 10. The maximum Gasteiger partial charge on any atom is 0.317 e. The lowest BCUT2D eigenvalue weighted by molar-refractivity contribution is -0.374. The highest BCUT2D eigenvalue weighted by Crippen LogP contribution is 2.76. The van der Waals surface area contributed by atoms with E-state index >= 15 is 4.79 Å². The molecule has 0 amide bonds. The summed E-state index contributed by atoms with van der Waals surface area (Å²) in [6, 6.07) is 0. The van der Waals surface area contributed by atoms with Gasteiger partial charge in [0.05, 0.1) is 44.2 Å². The lowest BCUT2D eigenvalue weighted by Gasteiger charge is -2.71. The van der Waals surface area contributed by atoms with E-state index in [4.69, 9.17) is 47.4 Å². The zero-order valence-corrected chi connectivity index (χ0v) is 49.0. The highest BCUT2D eigenvalue weighted by molar-refractivity contribution is 5.80. The van der Waals surface area contributed by atoms with Crippen LogP contribution in [0.1, 0.15) is 120 Å². The van der Waals surface area contributed by atoms with Gasteiger partial charge in [-0.2, -0.15) is 0 Å². The Labute approximate surface area is 483 Å². The third-order valence-electron chi connectivity index (χ3n) is 22.7. The van der Waals surface area contributed by atoms with Gasteiger partial charge >= 0.3 is 5.97 Å². The molecule has 14 N–H and O–H groups in total. The molecule has 0 aromatic carbocycles. The molecule has 476 valence electrons. The van der Waals surface area contributed by atoms with E-state index in [-0.39, 0.29) is 47.5 Å². The highest BCUT2D eigenvalue weighted by Gasteiger charge is 2.72. The van der Waals surface area contributed by atoms with E-state index in [1.165, 1.54) is 6.92 Å². The van der Waals surface area contributed by atoms with Gasteiger partial charge in [0.2, 0.25) is 6.29 Å². The molecule has 0 aromatic rings. The van der Waals surface area contributed by atoms with Crippen molar-refractivity contribution in [3.05, 3.63) is 11.6 Å². The Balaban J connectivity index is 0.845. The highest BCUT2D eigenvalue weighted by atomic mass is 16.8. The number of hydrogen-bond acceptors (Lipinski definition) is 25. The molecule has 0 bridgehead atoms. The van der Waals surface area contributed by atoms with Gasteiger partial charge in [0.1, 0.15) is 97.0 Å². The zero-order chi connectivity index (χ0) is 60.6. The molecule has 0 radical (unpaired) electrons. The van der Waals surface area contributed by atoms with E-state index in [1.807, 2.05) is 0 Å². The summed E-state index contributed by atoms with van der Waals surface area (Å²) in [6.07, 6.45) is -29.2. The fraction of sp³-hybridized carbons (Fsp3) is 0.948. The summed E-state index contributed by atoms with van der Waals surface area (Å²) >= 11 is 0.